The Bertz CT molecular complexity index is 492. The molecule has 0 saturated carbocycles. The number of benzene rings is 1. The van der Waals surface area contributed by atoms with Crippen LogP contribution < -0.4 is 10.1 Å². The molecule has 6 heteroatoms. The summed E-state index contributed by atoms with van der Waals surface area (Å²) in [5.74, 6) is 2.55. The van der Waals surface area contributed by atoms with Crippen LogP contribution in [-0.2, 0) is 4.79 Å². The largest absolute Gasteiger partial charge is 0.492 e. The number of ether oxygens (including phenoxy) is 1. The number of amides is 1. The molecular formula is C14H18N2O2S2. The molecule has 0 saturated heterocycles. The lowest BCUT2D eigenvalue weighted by atomic mass is 10.3. The van der Waals surface area contributed by atoms with Crippen molar-refractivity contribution in [3.63, 3.8) is 0 Å². The van der Waals surface area contributed by atoms with Crippen LogP contribution in [0.1, 0.15) is 13.3 Å². The summed E-state index contributed by atoms with van der Waals surface area (Å²) in [6, 6.07) is 7.49. The van der Waals surface area contributed by atoms with Crippen molar-refractivity contribution < 1.29 is 9.53 Å². The van der Waals surface area contributed by atoms with E-state index in [0.717, 1.165) is 28.1 Å². The van der Waals surface area contributed by atoms with Crippen LogP contribution in [0.25, 0.3) is 0 Å². The van der Waals surface area contributed by atoms with Crippen LogP contribution >= 0.6 is 23.5 Å². The molecule has 1 amide bonds. The Balaban J connectivity index is 1.78. The summed E-state index contributed by atoms with van der Waals surface area (Å²) in [4.78, 5) is 16.3. The Labute approximate surface area is 127 Å². The Morgan fingerprint density at radius 3 is 3.10 bits per heavy atom. The first-order valence-electron chi connectivity index (χ1n) is 6.61. The molecule has 1 aromatic carbocycles. The standard InChI is InChI=1S/C14H18N2O2S2/c1-2-18-12-6-4-3-5-11(12)16-13(17)7-9-19-14-15-8-10-20-14/h3-6H,2,7-10H2,1H3,(H,16,17). The lowest BCUT2D eigenvalue weighted by Crippen LogP contribution is -2.13. The molecule has 1 heterocycles. The Morgan fingerprint density at radius 1 is 1.50 bits per heavy atom. The zero-order valence-corrected chi connectivity index (χ0v) is 13.1. The van der Waals surface area contributed by atoms with Gasteiger partial charge in [-0.1, -0.05) is 35.7 Å². The minimum absolute atomic E-state index is 0.00764. The molecule has 1 N–H and O–H groups in total. The second-order valence-corrected chi connectivity index (χ2v) is 6.50. The van der Waals surface area contributed by atoms with E-state index in [4.69, 9.17) is 4.74 Å². The second kappa shape index (κ2) is 8.21. The summed E-state index contributed by atoms with van der Waals surface area (Å²) in [5, 5.41) is 2.90. The number of para-hydroxylation sites is 2. The predicted molar refractivity (Wildman–Crippen MR) is 88.1 cm³/mol. The Hall–Kier alpha value is -1.14. The van der Waals surface area contributed by atoms with E-state index < -0.39 is 0 Å². The average molecular weight is 310 g/mol. The number of nitrogens with one attached hydrogen (secondary N) is 1. The molecule has 2 rings (SSSR count). The van der Waals surface area contributed by atoms with Crippen LogP contribution in [0.5, 0.6) is 5.75 Å². The van der Waals surface area contributed by atoms with Gasteiger partial charge in [0.25, 0.3) is 0 Å². The number of anilines is 1. The minimum atomic E-state index is 0.00764. The first kappa shape index (κ1) is 15.3. The van der Waals surface area contributed by atoms with Gasteiger partial charge in [0, 0.05) is 17.9 Å². The van der Waals surface area contributed by atoms with Gasteiger partial charge in [-0.2, -0.15) is 0 Å². The van der Waals surface area contributed by atoms with E-state index in [9.17, 15) is 4.79 Å². The first-order valence-corrected chi connectivity index (χ1v) is 8.58. The monoisotopic (exact) mass is 310 g/mol. The lowest BCUT2D eigenvalue weighted by molar-refractivity contribution is -0.115. The van der Waals surface area contributed by atoms with Gasteiger partial charge in [0.2, 0.25) is 5.91 Å². The van der Waals surface area contributed by atoms with Crippen molar-refractivity contribution >= 4 is 39.5 Å². The molecule has 0 fully saturated rings. The van der Waals surface area contributed by atoms with Crippen LogP contribution in [0.3, 0.4) is 0 Å². The summed E-state index contributed by atoms with van der Waals surface area (Å²) >= 11 is 3.43. The molecule has 1 aromatic rings. The van der Waals surface area contributed by atoms with Gasteiger partial charge in [0.15, 0.2) is 0 Å². The lowest BCUT2D eigenvalue weighted by Gasteiger charge is -2.11. The van der Waals surface area contributed by atoms with Gasteiger partial charge in [-0.15, -0.1) is 0 Å². The molecule has 0 aromatic heterocycles. The zero-order chi connectivity index (χ0) is 14.2. The minimum Gasteiger partial charge on any atom is -0.492 e. The molecule has 0 aliphatic carbocycles. The third-order valence-electron chi connectivity index (χ3n) is 2.57. The van der Waals surface area contributed by atoms with Crippen LogP contribution in [0.4, 0.5) is 5.69 Å². The number of rotatable bonds is 6. The van der Waals surface area contributed by atoms with Crippen LogP contribution in [0.2, 0.25) is 0 Å². The van der Waals surface area contributed by atoms with Crippen LogP contribution in [0.15, 0.2) is 29.3 Å². The highest BCUT2D eigenvalue weighted by Gasteiger charge is 2.10. The van der Waals surface area contributed by atoms with E-state index in [2.05, 4.69) is 10.3 Å². The van der Waals surface area contributed by atoms with Gasteiger partial charge in [-0.25, -0.2) is 0 Å². The van der Waals surface area contributed by atoms with Crippen molar-refractivity contribution in [2.75, 3.05) is 30.0 Å². The van der Waals surface area contributed by atoms with Gasteiger partial charge < -0.3 is 10.1 Å². The Morgan fingerprint density at radius 2 is 2.35 bits per heavy atom. The highest BCUT2D eigenvalue weighted by Crippen LogP contribution is 2.25. The molecule has 20 heavy (non-hydrogen) atoms. The third-order valence-corrected chi connectivity index (χ3v) is 4.83. The van der Waals surface area contributed by atoms with Crippen molar-refractivity contribution in [1.29, 1.82) is 0 Å². The molecule has 0 spiro atoms. The van der Waals surface area contributed by atoms with Crippen molar-refractivity contribution in [2.24, 2.45) is 4.99 Å². The predicted octanol–water partition coefficient (Wildman–Crippen LogP) is 3.25. The summed E-state index contributed by atoms with van der Waals surface area (Å²) < 4.78 is 6.59. The van der Waals surface area contributed by atoms with Gasteiger partial charge in [0.05, 0.1) is 18.8 Å². The fourth-order valence-electron chi connectivity index (χ4n) is 1.70. The van der Waals surface area contributed by atoms with Gasteiger partial charge in [0.1, 0.15) is 10.1 Å². The summed E-state index contributed by atoms with van der Waals surface area (Å²) in [7, 11) is 0. The maximum Gasteiger partial charge on any atom is 0.225 e. The maximum atomic E-state index is 11.9. The molecule has 0 radical (unpaired) electrons. The number of carbonyl (C=O) groups excluding carboxylic acids is 1. The van der Waals surface area contributed by atoms with Gasteiger partial charge in [-0.05, 0) is 19.1 Å². The van der Waals surface area contributed by atoms with Crippen molar-refractivity contribution in [3.8, 4) is 5.75 Å². The fourth-order valence-corrected chi connectivity index (χ4v) is 3.72. The highest BCUT2D eigenvalue weighted by molar-refractivity contribution is 8.39. The molecule has 1 aliphatic rings. The van der Waals surface area contributed by atoms with E-state index in [1.807, 2.05) is 31.2 Å². The summed E-state index contributed by atoms with van der Waals surface area (Å²) in [5.41, 5.74) is 0.733. The summed E-state index contributed by atoms with van der Waals surface area (Å²) in [6.45, 7) is 3.41. The number of carbonyl (C=O) groups is 1. The molecule has 108 valence electrons. The fraction of sp³-hybridized carbons (Fsp3) is 0.429. The SMILES string of the molecule is CCOc1ccccc1NC(=O)CCSC1=NCCS1. The summed E-state index contributed by atoms with van der Waals surface area (Å²) in [6.07, 6.45) is 0.477. The zero-order valence-electron chi connectivity index (χ0n) is 11.4. The highest BCUT2D eigenvalue weighted by atomic mass is 32.2. The van der Waals surface area contributed by atoms with E-state index in [-0.39, 0.29) is 5.91 Å². The van der Waals surface area contributed by atoms with E-state index in [1.54, 1.807) is 23.5 Å². The molecule has 0 unspecified atom stereocenters. The smallest absolute Gasteiger partial charge is 0.225 e. The molecule has 0 bridgehead atoms. The van der Waals surface area contributed by atoms with E-state index in [0.29, 0.717) is 18.8 Å². The Kier molecular flexibility index (Phi) is 6.26. The molecule has 1 aliphatic heterocycles. The van der Waals surface area contributed by atoms with Gasteiger partial charge >= 0.3 is 0 Å². The van der Waals surface area contributed by atoms with Crippen molar-refractivity contribution in [2.45, 2.75) is 13.3 Å². The van der Waals surface area contributed by atoms with Crippen molar-refractivity contribution in [1.82, 2.24) is 0 Å². The average Bonchev–Trinajstić information content (AvgIpc) is 2.94. The second-order valence-electron chi connectivity index (χ2n) is 4.07. The normalized spacial score (nSPS) is 13.9. The molecule has 4 nitrogen and oxygen atoms in total. The topological polar surface area (TPSA) is 50.7 Å². The number of thioether (sulfide) groups is 2. The number of nitrogens with zero attached hydrogens (tertiary/aromatic N) is 1. The third kappa shape index (κ3) is 4.76. The van der Waals surface area contributed by atoms with Crippen LogP contribution in [-0.4, -0.2) is 34.9 Å². The maximum absolute atomic E-state index is 11.9. The van der Waals surface area contributed by atoms with Crippen molar-refractivity contribution in [3.05, 3.63) is 24.3 Å². The number of aliphatic imine (C=N–C) groups is 1. The number of hydrogen-bond acceptors (Lipinski definition) is 5. The van der Waals surface area contributed by atoms with Crippen LogP contribution in [0, 0.1) is 0 Å². The quantitative estimate of drug-likeness (QED) is 0.876. The first-order chi connectivity index (χ1) is 9.79. The molecule has 0 atom stereocenters. The molecular weight excluding hydrogens is 292 g/mol. The number of hydrogen-bond donors (Lipinski definition) is 1. The van der Waals surface area contributed by atoms with Gasteiger partial charge in [-0.3, -0.25) is 9.79 Å². The van der Waals surface area contributed by atoms with E-state index >= 15 is 0 Å². The van der Waals surface area contributed by atoms with E-state index in [1.165, 1.54) is 0 Å².